The zero-order valence-electron chi connectivity index (χ0n) is 13.2. The molecule has 0 saturated heterocycles. The van der Waals surface area contributed by atoms with E-state index in [2.05, 4.69) is 9.46 Å². The van der Waals surface area contributed by atoms with E-state index in [4.69, 9.17) is 5.26 Å². The Kier molecular flexibility index (Phi) is 5.21. The molecule has 0 spiro atoms. The van der Waals surface area contributed by atoms with Gasteiger partial charge in [0.2, 0.25) is 0 Å². The molecule has 0 aliphatic rings. The molecule has 2 aromatic carbocycles. The van der Waals surface area contributed by atoms with E-state index in [1.807, 2.05) is 6.07 Å². The monoisotopic (exact) mass is 344 g/mol. The Balaban J connectivity index is 2.33. The van der Waals surface area contributed by atoms with Gasteiger partial charge in [-0.25, -0.2) is 13.2 Å². The Bertz CT molecular complexity index is 897. The first kappa shape index (κ1) is 17.5. The summed E-state index contributed by atoms with van der Waals surface area (Å²) in [4.78, 5) is 11.6. The first-order chi connectivity index (χ1) is 11.4. The number of carbonyl (C=O) groups excluding carboxylic acids is 1. The second kappa shape index (κ2) is 7.15. The van der Waals surface area contributed by atoms with Crippen molar-refractivity contribution in [1.82, 2.24) is 0 Å². The van der Waals surface area contributed by atoms with E-state index in [-0.39, 0.29) is 16.9 Å². The lowest BCUT2D eigenvalue weighted by Gasteiger charge is -2.12. The number of anilines is 1. The maximum absolute atomic E-state index is 12.6. The molecule has 0 fully saturated rings. The minimum Gasteiger partial charge on any atom is -0.465 e. The van der Waals surface area contributed by atoms with Crippen LogP contribution in [-0.2, 0) is 21.2 Å². The van der Waals surface area contributed by atoms with Crippen LogP contribution in [0.25, 0.3) is 0 Å². The highest BCUT2D eigenvalue weighted by molar-refractivity contribution is 7.92. The third-order valence-corrected chi connectivity index (χ3v) is 4.91. The molecule has 0 aromatic heterocycles. The van der Waals surface area contributed by atoms with Gasteiger partial charge >= 0.3 is 5.97 Å². The Morgan fingerprint density at radius 2 is 1.88 bits per heavy atom. The number of nitriles is 1. The average molecular weight is 344 g/mol. The third kappa shape index (κ3) is 3.91. The largest absolute Gasteiger partial charge is 0.465 e. The highest BCUT2D eigenvalue weighted by Crippen LogP contribution is 2.21. The molecule has 0 aliphatic heterocycles. The van der Waals surface area contributed by atoms with Crippen LogP contribution in [0.3, 0.4) is 0 Å². The number of benzene rings is 2. The van der Waals surface area contributed by atoms with Gasteiger partial charge in [0.15, 0.2) is 0 Å². The quantitative estimate of drug-likeness (QED) is 0.841. The lowest BCUT2D eigenvalue weighted by molar-refractivity contribution is 0.0600. The van der Waals surface area contributed by atoms with Crippen LogP contribution in [0.2, 0.25) is 0 Å². The molecule has 0 saturated carbocycles. The van der Waals surface area contributed by atoms with Gasteiger partial charge in [0, 0.05) is 5.69 Å². The molecule has 0 bridgehead atoms. The number of hydrogen-bond donors (Lipinski definition) is 1. The van der Waals surface area contributed by atoms with Crippen LogP contribution in [0.5, 0.6) is 0 Å². The van der Waals surface area contributed by atoms with Gasteiger partial charge in [0.25, 0.3) is 10.0 Å². The first-order valence-electron chi connectivity index (χ1n) is 7.05. The smallest absolute Gasteiger partial charge is 0.337 e. The SMILES string of the molecule is COC(=O)c1ccc(C)c(S(=O)(=O)Nc2ccc(CC#N)cc2)c1. The van der Waals surface area contributed by atoms with Crippen LogP contribution in [0.4, 0.5) is 5.69 Å². The molecule has 1 N–H and O–H groups in total. The number of sulfonamides is 1. The fourth-order valence-corrected chi connectivity index (χ4v) is 3.46. The van der Waals surface area contributed by atoms with Gasteiger partial charge in [0.1, 0.15) is 0 Å². The molecule has 0 atom stereocenters. The number of esters is 1. The summed E-state index contributed by atoms with van der Waals surface area (Å²) in [6, 6.07) is 12.9. The molecule has 2 rings (SSSR count). The summed E-state index contributed by atoms with van der Waals surface area (Å²) in [5, 5.41) is 8.65. The Morgan fingerprint density at radius 3 is 2.46 bits per heavy atom. The Labute approximate surface area is 140 Å². The number of rotatable bonds is 5. The van der Waals surface area contributed by atoms with Crippen molar-refractivity contribution in [2.45, 2.75) is 18.2 Å². The molecular weight excluding hydrogens is 328 g/mol. The number of nitrogens with one attached hydrogen (secondary N) is 1. The zero-order valence-corrected chi connectivity index (χ0v) is 14.1. The Morgan fingerprint density at radius 1 is 1.21 bits per heavy atom. The van der Waals surface area contributed by atoms with Crippen LogP contribution >= 0.6 is 0 Å². The standard InChI is InChI=1S/C17H16N2O4S/c1-12-3-6-14(17(20)23-2)11-16(12)24(21,22)19-15-7-4-13(5-8-15)9-10-18/h3-8,11,19H,9H2,1-2H3. The van der Waals surface area contributed by atoms with Gasteiger partial charge < -0.3 is 4.74 Å². The van der Waals surface area contributed by atoms with Crippen molar-refractivity contribution in [1.29, 1.82) is 5.26 Å². The van der Waals surface area contributed by atoms with E-state index in [9.17, 15) is 13.2 Å². The fraction of sp³-hybridized carbons (Fsp3) is 0.176. The van der Waals surface area contributed by atoms with Gasteiger partial charge in [-0.1, -0.05) is 18.2 Å². The van der Waals surface area contributed by atoms with E-state index in [0.29, 0.717) is 11.3 Å². The minimum absolute atomic E-state index is 0.00602. The van der Waals surface area contributed by atoms with Crippen molar-refractivity contribution in [3.63, 3.8) is 0 Å². The van der Waals surface area contributed by atoms with Crippen molar-refractivity contribution in [3.05, 3.63) is 59.2 Å². The van der Waals surface area contributed by atoms with Crippen molar-refractivity contribution in [2.75, 3.05) is 11.8 Å². The maximum atomic E-state index is 12.6. The zero-order chi connectivity index (χ0) is 17.7. The summed E-state index contributed by atoms with van der Waals surface area (Å²) in [5.41, 5.74) is 1.84. The highest BCUT2D eigenvalue weighted by Gasteiger charge is 2.19. The van der Waals surface area contributed by atoms with Crippen LogP contribution in [0.1, 0.15) is 21.5 Å². The normalized spacial score (nSPS) is 10.7. The molecule has 7 heteroatoms. The fourth-order valence-electron chi connectivity index (χ4n) is 2.13. The van der Waals surface area contributed by atoms with Crippen molar-refractivity contribution in [3.8, 4) is 6.07 Å². The summed E-state index contributed by atoms with van der Waals surface area (Å²) in [6.07, 6.45) is 0.257. The van der Waals surface area contributed by atoms with Gasteiger partial charge in [-0.15, -0.1) is 0 Å². The van der Waals surface area contributed by atoms with Gasteiger partial charge in [-0.2, -0.15) is 5.26 Å². The molecule has 0 amide bonds. The summed E-state index contributed by atoms with van der Waals surface area (Å²) < 4.78 is 32.2. The van der Waals surface area contributed by atoms with Crippen LogP contribution in [0, 0.1) is 18.3 Å². The molecule has 0 aliphatic carbocycles. The van der Waals surface area contributed by atoms with E-state index in [1.54, 1.807) is 37.3 Å². The number of aryl methyl sites for hydroxylation is 1. The summed E-state index contributed by atoms with van der Waals surface area (Å²) in [5.74, 6) is -0.604. The van der Waals surface area contributed by atoms with E-state index < -0.39 is 16.0 Å². The van der Waals surface area contributed by atoms with Crippen molar-refractivity contribution >= 4 is 21.7 Å². The summed E-state index contributed by atoms with van der Waals surface area (Å²) >= 11 is 0. The second-order valence-electron chi connectivity index (χ2n) is 5.11. The van der Waals surface area contributed by atoms with Crippen LogP contribution < -0.4 is 4.72 Å². The van der Waals surface area contributed by atoms with E-state index in [0.717, 1.165) is 5.56 Å². The number of hydrogen-bond acceptors (Lipinski definition) is 5. The first-order valence-corrected chi connectivity index (χ1v) is 8.53. The summed E-state index contributed by atoms with van der Waals surface area (Å²) in [6.45, 7) is 1.64. The number of carbonyl (C=O) groups is 1. The molecule has 2 aromatic rings. The van der Waals surface area contributed by atoms with Crippen molar-refractivity contribution < 1.29 is 17.9 Å². The van der Waals surface area contributed by atoms with E-state index >= 15 is 0 Å². The third-order valence-electron chi connectivity index (χ3n) is 3.39. The van der Waals surface area contributed by atoms with E-state index in [1.165, 1.54) is 19.2 Å². The maximum Gasteiger partial charge on any atom is 0.337 e. The molecule has 24 heavy (non-hydrogen) atoms. The predicted octanol–water partition coefficient (Wildman–Crippen LogP) is 2.65. The molecular formula is C17H16N2O4S. The molecule has 6 nitrogen and oxygen atoms in total. The summed E-state index contributed by atoms with van der Waals surface area (Å²) in [7, 11) is -2.62. The number of ether oxygens (including phenoxy) is 1. The van der Waals surface area contributed by atoms with Gasteiger partial charge in [-0.05, 0) is 42.3 Å². The lowest BCUT2D eigenvalue weighted by Crippen LogP contribution is -2.15. The Hall–Kier alpha value is -2.85. The topological polar surface area (TPSA) is 96.3 Å². The molecule has 0 radical (unpaired) electrons. The average Bonchev–Trinajstić information content (AvgIpc) is 2.56. The van der Waals surface area contributed by atoms with Crippen LogP contribution in [0.15, 0.2) is 47.4 Å². The minimum atomic E-state index is -3.86. The number of nitrogens with zero attached hydrogens (tertiary/aromatic N) is 1. The number of methoxy groups -OCH3 is 1. The predicted molar refractivity (Wildman–Crippen MR) is 89.1 cm³/mol. The molecule has 124 valence electrons. The lowest BCUT2D eigenvalue weighted by atomic mass is 10.1. The molecule has 0 unspecified atom stereocenters. The molecule has 0 heterocycles. The second-order valence-corrected chi connectivity index (χ2v) is 6.76. The van der Waals surface area contributed by atoms with Crippen molar-refractivity contribution in [2.24, 2.45) is 0 Å². The van der Waals surface area contributed by atoms with Gasteiger partial charge in [0.05, 0.1) is 30.1 Å². The van der Waals surface area contributed by atoms with Crippen LogP contribution in [-0.4, -0.2) is 21.5 Å². The van der Waals surface area contributed by atoms with Gasteiger partial charge in [-0.3, -0.25) is 4.72 Å². The highest BCUT2D eigenvalue weighted by atomic mass is 32.2.